The van der Waals surface area contributed by atoms with Gasteiger partial charge < -0.3 is 31.0 Å². The molecule has 0 saturated carbocycles. The molecule has 0 unspecified atom stereocenters. The average Bonchev–Trinajstić information content (AvgIpc) is 3.52. The summed E-state index contributed by atoms with van der Waals surface area (Å²) in [6, 6.07) is 6.15. The number of aliphatic imine (C=N–C) groups is 1. The Bertz CT molecular complexity index is 1270. The fraction of sp³-hybridized carbons (Fsp3) is 0.480. The normalized spacial score (nSPS) is 16.9. The molecule has 1 fully saturated rings. The smallest absolute Gasteiger partial charge is 0.246 e. The van der Waals surface area contributed by atoms with Gasteiger partial charge in [0.05, 0.1) is 6.04 Å². The van der Waals surface area contributed by atoms with Crippen LogP contribution in [0.25, 0.3) is 0 Å². The molecule has 3 rings (SSSR count). The van der Waals surface area contributed by atoms with Gasteiger partial charge in [-0.15, -0.1) is 0 Å². The van der Waals surface area contributed by atoms with E-state index in [-0.39, 0.29) is 35.3 Å². The van der Waals surface area contributed by atoms with Crippen molar-refractivity contribution in [1.29, 1.82) is 0 Å². The van der Waals surface area contributed by atoms with Gasteiger partial charge in [-0.1, -0.05) is 35.5 Å². The maximum absolute atomic E-state index is 13.8. The lowest BCUT2D eigenvalue weighted by atomic mass is 10.0. The van der Waals surface area contributed by atoms with Crippen molar-refractivity contribution in [3.8, 4) is 0 Å². The van der Waals surface area contributed by atoms with Crippen molar-refractivity contribution in [3.05, 3.63) is 47.3 Å². The minimum absolute atomic E-state index is 0.0585. The van der Waals surface area contributed by atoms with Gasteiger partial charge in [0.15, 0.2) is 11.7 Å². The number of carbonyl (C=O) groups is 3. The number of nitrogens with two attached hydrogens (primary N) is 2. The Morgan fingerprint density at radius 3 is 2.59 bits per heavy atom. The lowest BCUT2D eigenvalue weighted by Crippen LogP contribution is -2.55. The summed E-state index contributed by atoms with van der Waals surface area (Å²) >= 11 is 0. The number of aldehydes is 1. The molecule has 1 aliphatic rings. The largest absolute Gasteiger partial charge is 0.370 e. The highest BCUT2D eigenvalue weighted by Gasteiger charge is 2.39. The zero-order chi connectivity index (χ0) is 28.6. The van der Waals surface area contributed by atoms with Gasteiger partial charge in [-0.2, -0.15) is 4.72 Å². The van der Waals surface area contributed by atoms with Gasteiger partial charge in [0.25, 0.3) is 0 Å². The van der Waals surface area contributed by atoms with E-state index in [1.165, 1.54) is 18.7 Å². The van der Waals surface area contributed by atoms with Crippen molar-refractivity contribution in [2.24, 2.45) is 16.5 Å². The zero-order valence-electron chi connectivity index (χ0n) is 22.0. The van der Waals surface area contributed by atoms with Gasteiger partial charge in [-0.05, 0) is 51.5 Å². The van der Waals surface area contributed by atoms with Crippen molar-refractivity contribution in [2.75, 3.05) is 13.1 Å². The molecule has 0 bridgehead atoms. The number of hydrogen-bond donors (Lipinski definition) is 4. The molecular formula is C25H35N7O6S. The molecule has 3 atom stereocenters. The number of rotatable bonds is 13. The Hall–Kier alpha value is -3.78. The molecule has 2 heterocycles. The van der Waals surface area contributed by atoms with E-state index < -0.39 is 40.0 Å². The molecule has 1 aromatic carbocycles. The van der Waals surface area contributed by atoms with Gasteiger partial charge >= 0.3 is 0 Å². The quantitative estimate of drug-likeness (QED) is 0.111. The number of hydrogen-bond acceptors (Lipinski definition) is 8. The number of amides is 2. The van der Waals surface area contributed by atoms with Crippen LogP contribution in [0.5, 0.6) is 0 Å². The number of guanidine groups is 1. The number of benzene rings is 1. The Kier molecular flexibility index (Phi) is 10.2. The molecule has 1 aliphatic heterocycles. The third-order valence-electron chi connectivity index (χ3n) is 6.41. The highest BCUT2D eigenvalue weighted by molar-refractivity contribution is 7.89. The molecule has 0 spiro atoms. The fourth-order valence-electron chi connectivity index (χ4n) is 4.61. The Labute approximate surface area is 227 Å². The van der Waals surface area contributed by atoms with Crippen LogP contribution in [-0.2, 0) is 30.8 Å². The Balaban J connectivity index is 1.78. The van der Waals surface area contributed by atoms with Crippen LogP contribution >= 0.6 is 0 Å². The molecule has 14 heteroatoms. The topological polar surface area (TPSA) is 203 Å². The van der Waals surface area contributed by atoms with E-state index in [1.807, 2.05) is 6.07 Å². The second kappa shape index (κ2) is 13.3. The highest BCUT2D eigenvalue weighted by Crippen LogP contribution is 2.23. The molecule has 13 nitrogen and oxygen atoms in total. The SMILES string of the molecule is Cc1noc(C)c1S(=O)(=O)N[C@H](Cc1ccccc1)C(=O)N1CCC[C@H]1C(=O)N[C@H](C=O)CCCN=C(N)N. The number of likely N-dealkylation sites (tertiary alicyclic amines) is 1. The highest BCUT2D eigenvalue weighted by atomic mass is 32.2. The Morgan fingerprint density at radius 2 is 1.97 bits per heavy atom. The summed E-state index contributed by atoms with van der Waals surface area (Å²) in [5.41, 5.74) is 11.5. The number of nitrogens with one attached hydrogen (secondary N) is 2. The molecule has 2 aromatic rings. The van der Waals surface area contributed by atoms with Crippen LogP contribution < -0.4 is 21.5 Å². The third-order valence-corrected chi connectivity index (χ3v) is 8.13. The summed E-state index contributed by atoms with van der Waals surface area (Å²) in [7, 11) is -4.18. The van der Waals surface area contributed by atoms with E-state index in [0.29, 0.717) is 38.5 Å². The lowest BCUT2D eigenvalue weighted by Gasteiger charge is -2.29. The molecule has 6 N–H and O–H groups in total. The van der Waals surface area contributed by atoms with Crippen molar-refractivity contribution >= 4 is 34.1 Å². The molecule has 2 amide bonds. The van der Waals surface area contributed by atoms with E-state index in [1.54, 1.807) is 24.3 Å². The van der Waals surface area contributed by atoms with Crippen molar-refractivity contribution < 1.29 is 27.3 Å². The second-order valence-electron chi connectivity index (χ2n) is 9.41. The summed E-state index contributed by atoms with van der Waals surface area (Å²) < 4.78 is 34.1. The number of sulfonamides is 1. The van der Waals surface area contributed by atoms with Crippen LogP contribution in [0.2, 0.25) is 0 Å². The average molecular weight is 562 g/mol. The number of nitrogens with zero attached hydrogens (tertiary/aromatic N) is 3. The van der Waals surface area contributed by atoms with Gasteiger partial charge in [0.1, 0.15) is 29.0 Å². The predicted molar refractivity (Wildman–Crippen MR) is 143 cm³/mol. The fourth-order valence-corrected chi connectivity index (χ4v) is 6.13. The van der Waals surface area contributed by atoms with E-state index in [4.69, 9.17) is 16.0 Å². The van der Waals surface area contributed by atoms with E-state index in [0.717, 1.165) is 5.56 Å². The first-order chi connectivity index (χ1) is 18.5. The minimum Gasteiger partial charge on any atom is -0.370 e. The van der Waals surface area contributed by atoms with Crippen LogP contribution in [0.15, 0.2) is 44.7 Å². The number of aryl methyl sites for hydroxylation is 2. The van der Waals surface area contributed by atoms with Crippen LogP contribution in [0.3, 0.4) is 0 Å². The van der Waals surface area contributed by atoms with Crippen LogP contribution in [-0.4, -0.2) is 73.7 Å². The molecule has 1 aromatic heterocycles. The molecule has 1 saturated heterocycles. The first kappa shape index (κ1) is 29.8. The van der Waals surface area contributed by atoms with E-state index in [9.17, 15) is 22.8 Å². The van der Waals surface area contributed by atoms with Gasteiger partial charge in [0.2, 0.25) is 21.8 Å². The molecule has 212 valence electrons. The minimum atomic E-state index is -4.18. The molecule has 0 aliphatic carbocycles. The molecule has 39 heavy (non-hydrogen) atoms. The van der Waals surface area contributed by atoms with Crippen molar-refractivity contribution in [1.82, 2.24) is 20.1 Å². The van der Waals surface area contributed by atoms with E-state index in [2.05, 4.69) is 20.2 Å². The Morgan fingerprint density at radius 1 is 1.26 bits per heavy atom. The summed E-state index contributed by atoms with van der Waals surface area (Å²) in [4.78, 5) is 43.6. The van der Waals surface area contributed by atoms with Crippen molar-refractivity contribution in [2.45, 2.75) is 69.0 Å². The summed E-state index contributed by atoms with van der Waals surface area (Å²) in [6.07, 6.45) is 2.41. The van der Waals surface area contributed by atoms with Crippen LogP contribution in [0, 0.1) is 13.8 Å². The second-order valence-corrected chi connectivity index (χ2v) is 11.1. The third kappa shape index (κ3) is 7.86. The zero-order valence-corrected chi connectivity index (χ0v) is 22.8. The maximum Gasteiger partial charge on any atom is 0.246 e. The standard InChI is InChI=1S/C25H35N7O6S/c1-16-22(17(2)38-30-16)39(36,37)31-20(14-18-8-4-3-5-9-18)24(35)32-13-7-11-21(32)23(34)29-19(15-33)10-6-12-28-25(26)27/h3-5,8-9,15,19-21,31H,6-7,10-14H2,1-2H3,(H,29,34)(H4,26,27,28)/t19-,20+,21-/m0/s1. The first-order valence-corrected chi connectivity index (χ1v) is 14.1. The van der Waals surface area contributed by atoms with Gasteiger partial charge in [-0.25, -0.2) is 8.42 Å². The predicted octanol–water partition coefficient (Wildman–Crippen LogP) is -0.0907. The van der Waals surface area contributed by atoms with Crippen molar-refractivity contribution in [3.63, 3.8) is 0 Å². The molecule has 0 radical (unpaired) electrons. The summed E-state index contributed by atoms with van der Waals surface area (Å²) in [5.74, 6) is -0.977. The molecular weight excluding hydrogens is 526 g/mol. The van der Waals surface area contributed by atoms with Gasteiger partial charge in [0, 0.05) is 13.1 Å². The summed E-state index contributed by atoms with van der Waals surface area (Å²) in [6.45, 7) is 3.55. The van der Waals surface area contributed by atoms with Gasteiger partial charge in [-0.3, -0.25) is 14.6 Å². The van der Waals surface area contributed by atoms with Crippen LogP contribution in [0.1, 0.15) is 42.7 Å². The lowest BCUT2D eigenvalue weighted by molar-refractivity contribution is -0.140. The number of carbonyl (C=O) groups excluding carboxylic acids is 3. The maximum atomic E-state index is 13.8. The first-order valence-electron chi connectivity index (χ1n) is 12.6. The summed E-state index contributed by atoms with van der Waals surface area (Å²) in [5, 5.41) is 6.40. The van der Waals surface area contributed by atoms with Crippen LogP contribution in [0.4, 0.5) is 0 Å². The van der Waals surface area contributed by atoms with E-state index >= 15 is 0 Å². The monoisotopic (exact) mass is 561 g/mol. The number of aromatic nitrogens is 1.